The van der Waals surface area contributed by atoms with Crippen molar-refractivity contribution < 1.29 is 10.0 Å². The smallest absolute Gasteiger partial charge is 0.267 e. The van der Waals surface area contributed by atoms with Crippen LogP contribution in [0, 0.1) is 0 Å². The summed E-state index contributed by atoms with van der Waals surface area (Å²) in [5.74, 6) is -0.525. The summed E-state index contributed by atoms with van der Waals surface area (Å²) in [5, 5.41) is 9.96. The molecule has 0 radical (unpaired) electrons. The van der Waals surface area contributed by atoms with Crippen molar-refractivity contribution in [2.45, 2.75) is 32.0 Å². The highest BCUT2D eigenvalue weighted by Crippen LogP contribution is 2.37. The zero-order valence-corrected chi connectivity index (χ0v) is 18.4. The number of hydrogen-bond donors (Lipinski definition) is 3. The molecule has 3 N–H and O–H groups in total. The van der Waals surface area contributed by atoms with E-state index in [9.17, 15) is 4.79 Å². The molecule has 33 heavy (non-hydrogen) atoms. The van der Waals surface area contributed by atoms with Gasteiger partial charge in [-0.3, -0.25) is 14.9 Å². The summed E-state index contributed by atoms with van der Waals surface area (Å²) >= 11 is 0. The molecule has 5 rings (SSSR count). The number of aromatic amines is 1. The average molecular weight is 441 g/mol. The Morgan fingerprint density at radius 3 is 2.94 bits per heavy atom. The molecule has 6 nitrogen and oxygen atoms in total. The van der Waals surface area contributed by atoms with Gasteiger partial charge in [0, 0.05) is 55.4 Å². The van der Waals surface area contributed by atoms with Gasteiger partial charge in [0.15, 0.2) is 0 Å². The van der Waals surface area contributed by atoms with Gasteiger partial charge in [0.25, 0.3) is 5.91 Å². The molecule has 0 fully saturated rings. The van der Waals surface area contributed by atoms with Gasteiger partial charge in [0.1, 0.15) is 0 Å². The standard InChI is InChI=1S/C27H28N4O2/c32-27(29-33)12-8-20-7-10-24-22(18-20)9-11-26(24)31(19-23-5-3-14-28-23)17-16-30-15-13-21-4-1-2-6-25(21)30/h1-8,10,12-15,18,26,28,33H,9,11,16-17,19H2,(H,29,32)/b12-8+. The van der Waals surface area contributed by atoms with Gasteiger partial charge in [0.05, 0.1) is 0 Å². The Morgan fingerprint density at radius 2 is 2.09 bits per heavy atom. The van der Waals surface area contributed by atoms with Crippen molar-refractivity contribution in [1.29, 1.82) is 0 Å². The lowest BCUT2D eigenvalue weighted by atomic mass is 10.0. The first-order valence-electron chi connectivity index (χ1n) is 11.4. The number of rotatable bonds is 8. The van der Waals surface area contributed by atoms with Crippen LogP contribution >= 0.6 is 0 Å². The molecule has 0 saturated heterocycles. The fourth-order valence-electron chi connectivity index (χ4n) is 4.91. The van der Waals surface area contributed by atoms with E-state index in [1.807, 2.05) is 12.3 Å². The lowest BCUT2D eigenvalue weighted by Crippen LogP contribution is -2.30. The predicted octanol–water partition coefficient (Wildman–Crippen LogP) is 4.68. The number of aryl methyl sites for hydroxylation is 1. The van der Waals surface area contributed by atoms with Crippen LogP contribution < -0.4 is 5.48 Å². The average Bonchev–Trinajstić information content (AvgIpc) is 3.60. The molecular formula is C27H28N4O2. The molecular weight excluding hydrogens is 412 g/mol. The topological polar surface area (TPSA) is 73.3 Å². The third kappa shape index (κ3) is 4.62. The Bertz CT molecular complexity index is 1270. The van der Waals surface area contributed by atoms with Crippen LogP contribution in [-0.4, -0.2) is 32.1 Å². The minimum Gasteiger partial charge on any atom is -0.364 e. The first kappa shape index (κ1) is 21.2. The minimum atomic E-state index is -0.525. The normalized spacial score (nSPS) is 15.5. The summed E-state index contributed by atoms with van der Waals surface area (Å²) in [7, 11) is 0. The highest BCUT2D eigenvalue weighted by molar-refractivity contribution is 5.90. The Labute approximate surface area is 193 Å². The molecule has 168 valence electrons. The number of fused-ring (bicyclic) bond motifs is 2. The summed E-state index contributed by atoms with van der Waals surface area (Å²) in [6.07, 6.45) is 9.33. The predicted molar refractivity (Wildman–Crippen MR) is 130 cm³/mol. The van der Waals surface area contributed by atoms with Crippen molar-refractivity contribution in [2.24, 2.45) is 0 Å². The maximum absolute atomic E-state index is 11.3. The van der Waals surface area contributed by atoms with E-state index in [1.165, 1.54) is 33.8 Å². The monoisotopic (exact) mass is 440 g/mol. The molecule has 1 aliphatic rings. The van der Waals surface area contributed by atoms with E-state index in [0.717, 1.165) is 38.0 Å². The Balaban J connectivity index is 1.37. The second-order valence-electron chi connectivity index (χ2n) is 8.56. The molecule has 2 heterocycles. The number of hydroxylamine groups is 1. The van der Waals surface area contributed by atoms with Crippen molar-refractivity contribution in [2.75, 3.05) is 6.54 Å². The number of hydrogen-bond acceptors (Lipinski definition) is 3. The highest BCUT2D eigenvalue weighted by Gasteiger charge is 2.28. The van der Waals surface area contributed by atoms with E-state index in [2.05, 4.69) is 75.2 Å². The number of aromatic nitrogens is 2. The quantitative estimate of drug-likeness (QED) is 0.212. The van der Waals surface area contributed by atoms with Gasteiger partial charge >= 0.3 is 0 Å². The number of H-pyrrole nitrogens is 1. The minimum absolute atomic E-state index is 0.351. The summed E-state index contributed by atoms with van der Waals surface area (Å²) in [6, 6.07) is 21.6. The lowest BCUT2D eigenvalue weighted by Gasteiger charge is -2.29. The molecule has 0 aliphatic heterocycles. The van der Waals surface area contributed by atoms with E-state index in [-0.39, 0.29) is 0 Å². The molecule has 0 bridgehead atoms. The SMILES string of the molecule is O=C(/C=C/c1ccc2c(c1)CCC2N(CCn1ccc2ccccc21)Cc1ccc[nH]1)NO. The molecule has 1 unspecified atom stereocenters. The fraction of sp³-hybridized carbons (Fsp3) is 0.222. The number of carbonyl (C=O) groups excluding carboxylic acids is 1. The second-order valence-corrected chi connectivity index (χ2v) is 8.56. The van der Waals surface area contributed by atoms with Gasteiger partial charge in [-0.1, -0.05) is 36.4 Å². The van der Waals surface area contributed by atoms with E-state index in [0.29, 0.717) is 6.04 Å². The number of benzene rings is 2. The van der Waals surface area contributed by atoms with Crippen LogP contribution in [0.15, 0.2) is 79.1 Å². The second kappa shape index (κ2) is 9.48. The number of nitrogens with one attached hydrogen (secondary N) is 2. The number of para-hydroxylation sites is 1. The molecule has 1 amide bonds. The van der Waals surface area contributed by atoms with Gasteiger partial charge < -0.3 is 9.55 Å². The summed E-state index contributed by atoms with van der Waals surface area (Å²) in [4.78, 5) is 17.2. The largest absolute Gasteiger partial charge is 0.364 e. The molecule has 4 aromatic rings. The van der Waals surface area contributed by atoms with E-state index >= 15 is 0 Å². The third-order valence-electron chi connectivity index (χ3n) is 6.54. The molecule has 2 aromatic heterocycles. The van der Waals surface area contributed by atoms with Crippen molar-refractivity contribution >= 4 is 22.9 Å². The van der Waals surface area contributed by atoms with E-state index in [4.69, 9.17) is 5.21 Å². The Kier molecular flexibility index (Phi) is 6.11. The van der Waals surface area contributed by atoms with Crippen LogP contribution in [0.2, 0.25) is 0 Å². The summed E-state index contributed by atoms with van der Waals surface area (Å²) in [5.41, 5.74) is 7.78. The number of nitrogens with zero attached hydrogens (tertiary/aromatic N) is 2. The van der Waals surface area contributed by atoms with Crippen LogP contribution in [-0.2, 0) is 24.3 Å². The number of carbonyl (C=O) groups is 1. The van der Waals surface area contributed by atoms with Gasteiger partial charge in [-0.2, -0.15) is 0 Å². The molecule has 0 saturated carbocycles. The molecule has 2 aromatic carbocycles. The van der Waals surface area contributed by atoms with Crippen LogP contribution in [0.4, 0.5) is 0 Å². The zero-order chi connectivity index (χ0) is 22.6. The maximum Gasteiger partial charge on any atom is 0.267 e. The first-order valence-corrected chi connectivity index (χ1v) is 11.4. The van der Waals surface area contributed by atoms with Gasteiger partial charge in [0.2, 0.25) is 0 Å². The molecule has 6 heteroatoms. The van der Waals surface area contributed by atoms with Gasteiger partial charge in [-0.15, -0.1) is 0 Å². The highest BCUT2D eigenvalue weighted by atomic mass is 16.5. The van der Waals surface area contributed by atoms with Gasteiger partial charge in [-0.25, -0.2) is 5.48 Å². The summed E-state index contributed by atoms with van der Waals surface area (Å²) in [6.45, 7) is 2.74. The van der Waals surface area contributed by atoms with Gasteiger partial charge in [-0.05, 0) is 65.3 Å². The van der Waals surface area contributed by atoms with Crippen molar-refractivity contribution in [3.8, 4) is 0 Å². The zero-order valence-electron chi connectivity index (χ0n) is 18.4. The van der Waals surface area contributed by atoms with Crippen molar-refractivity contribution in [1.82, 2.24) is 19.9 Å². The summed E-state index contributed by atoms with van der Waals surface area (Å²) < 4.78 is 2.34. The fourth-order valence-corrected chi connectivity index (χ4v) is 4.91. The van der Waals surface area contributed by atoms with E-state index < -0.39 is 5.91 Å². The maximum atomic E-state index is 11.3. The molecule has 0 spiro atoms. The van der Waals surface area contributed by atoms with Crippen LogP contribution in [0.25, 0.3) is 17.0 Å². The van der Waals surface area contributed by atoms with Crippen molar-refractivity contribution in [3.05, 3.63) is 102 Å². The third-order valence-corrected chi connectivity index (χ3v) is 6.54. The number of amides is 1. The van der Waals surface area contributed by atoms with Crippen LogP contribution in [0.1, 0.15) is 34.8 Å². The van der Waals surface area contributed by atoms with Crippen molar-refractivity contribution in [3.63, 3.8) is 0 Å². The molecule has 1 atom stereocenters. The lowest BCUT2D eigenvalue weighted by molar-refractivity contribution is -0.124. The Morgan fingerprint density at radius 1 is 1.18 bits per heavy atom. The molecule has 1 aliphatic carbocycles. The first-order chi connectivity index (χ1) is 16.2. The van der Waals surface area contributed by atoms with Crippen LogP contribution in [0.3, 0.4) is 0 Å². The van der Waals surface area contributed by atoms with E-state index in [1.54, 1.807) is 11.6 Å². The van der Waals surface area contributed by atoms with Crippen LogP contribution in [0.5, 0.6) is 0 Å². The Hall–Kier alpha value is -3.61.